The smallest absolute Gasteiger partial charge is 0.264 e. The van der Waals surface area contributed by atoms with Gasteiger partial charge < -0.3 is 0 Å². The molecule has 0 N–H and O–H groups in total. The molecule has 1 aromatic carbocycles. The zero-order valence-corrected chi connectivity index (χ0v) is 8.70. The lowest BCUT2D eigenvalue weighted by atomic mass is 10.2. The van der Waals surface area contributed by atoms with Crippen molar-refractivity contribution in [2.45, 2.75) is 0 Å². The van der Waals surface area contributed by atoms with E-state index in [0.717, 1.165) is 10.4 Å². The topological polar surface area (TPSA) is 42.3 Å². The highest BCUT2D eigenvalue weighted by atomic mass is 32.1. The zero-order valence-electron chi connectivity index (χ0n) is 7.88. The molecule has 0 saturated heterocycles. The summed E-state index contributed by atoms with van der Waals surface area (Å²) in [6.45, 7) is 3.19. The highest BCUT2D eigenvalue weighted by Crippen LogP contribution is 2.25. The summed E-state index contributed by atoms with van der Waals surface area (Å²) in [5.74, 6) is -0.373. The molecule has 1 aromatic heterocycles. The van der Waals surface area contributed by atoms with Gasteiger partial charge in [0.1, 0.15) is 0 Å². The number of thiazole rings is 1. The van der Waals surface area contributed by atoms with E-state index in [2.05, 4.69) is 16.7 Å². The van der Waals surface area contributed by atoms with Crippen LogP contribution in [0, 0.1) is 0 Å². The normalized spacial score (nSPS) is 9.87. The molecule has 1 amide bonds. The average Bonchev–Trinajstić information content (AvgIpc) is 2.78. The van der Waals surface area contributed by atoms with Crippen LogP contribution in [0.15, 0.2) is 41.5 Å². The Morgan fingerprint density at radius 1 is 1.33 bits per heavy atom. The van der Waals surface area contributed by atoms with Crippen molar-refractivity contribution < 1.29 is 4.79 Å². The van der Waals surface area contributed by atoms with Crippen molar-refractivity contribution >= 4 is 24.0 Å². The van der Waals surface area contributed by atoms with Gasteiger partial charge >= 0.3 is 5.91 Å². The van der Waals surface area contributed by atoms with Gasteiger partial charge in [0.25, 0.3) is 0 Å². The first-order chi connectivity index (χ1) is 7.31. The van der Waals surface area contributed by atoms with Crippen LogP contribution in [0.1, 0.15) is 9.80 Å². The third-order valence-electron chi connectivity index (χ3n) is 1.89. The van der Waals surface area contributed by atoms with Crippen LogP contribution in [0.2, 0.25) is 0 Å². The number of hydrogen-bond acceptors (Lipinski definition) is 3. The van der Waals surface area contributed by atoms with Crippen molar-refractivity contribution in [1.29, 1.82) is 0 Å². The Labute approximate surface area is 91.1 Å². The fourth-order valence-corrected chi connectivity index (χ4v) is 2.00. The van der Waals surface area contributed by atoms with E-state index in [4.69, 9.17) is 0 Å². The Morgan fingerprint density at radius 2 is 2.07 bits per heavy atom. The van der Waals surface area contributed by atoms with Crippen LogP contribution in [0.4, 0.5) is 0 Å². The predicted molar refractivity (Wildman–Crippen MR) is 61.4 cm³/mol. The summed E-state index contributed by atoms with van der Waals surface area (Å²) in [6.07, 6.45) is 1.68. The summed E-state index contributed by atoms with van der Waals surface area (Å²) < 4.78 is 0. The number of nitrogens with zero attached hydrogens (tertiary/aromatic N) is 2. The molecule has 0 bridgehead atoms. The van der Waals surface area contributed by atoms with Crippen LogP contribution < -0.4 is 0 Å². The minimum Gasteiger partial charge on any atom is -0.264 e. The summed E-state index contributed by atoms with van der Waals surface area (Å²) in [5, 5.41) is 0.379. The van der Waals surface area contributed by atoms with Gasteiger partial charge in [0.2, 0.25) is 0 Å². The van der Waals surface area contributed by atoms with Crippen LogP contribution in [0.3, 0.4) is 0 Å². The summed E-state index contributed by atoms with van der Waals surface area (Å²) in [4.78, 5) is 19.5. The maximum atomic E-state index is 11.2. The van der Waals surface area contributed by atoms with Crippen molar-refractivity contribution in [2.75, 3.05) is 0 Å². The molecule has 4 heteroatoms. The van der Waals surface area contributed by atoms with Gasteiger partial charge in [-0.05, 0) is 12.3 Å². The second kappa shape index (κ2) is 4.14. The molecule has 74 valence electrons. The van der Waals surface area contributed by atoms with Gasteiger partial charge in [-0.1, -0.05) is 30.3 Å². The molecule has 3 nitrogen and oxygen atoms in total. The van der Waals surface area contributed by atoms with E-state index < -0.39 is 0 Å². The summed E-state index contributed by atoms with van der Waals surface area (Å²) in [5.41, 5.74) is 1.05. The van der Waals surface area contributed by atoms with Crippen LogP contribution >= 0.6 is 11.3 Å². The first-order valence-corrected chi connectivity index (χ1v) is 5.15. The van der Waals surface area contributed by atoms with E-state index in [1.54, 1.807) is 6.20 Å². The molecule has 15 heavy (non-hydrogen) atoms. The Hall–Kier alpha value is -1.81. The van der Waals surface area contributed by atoms with E-state index in [-0.39, 0.29) is 5.91 Å². The van der Waals surface area contributed by atoms with Crippen LogP contribution in [0.25, 0.3) is 10.4 Å². The van der Waals surface area contributed by atoms with Crippen molar-refractivity contribution in [3.05, 3.63) is 41.5 Å². The first kappa shape index (κ1) is 9.73. The molecule has 2 aromatic rings. The zero-order chi connectivity index (χ0) is 10.7. The van der Waals surface area contributed by atoms with Gasteiger partial charge in [0.05, 0.1) is 4.88 Å². The monoisotopic (exact) mass is 216 g/mol. The number of aromatic nitrogens is 1. The molecule has 0 saturated carbocycles. The highest BCUT2D eigenvalue weighted by Gasteiger charge is 2.09. The minimum absolute atomic E-state index is 0.373. The lowest BCUT2D eigenvalue weighted by Crippen LogP contribution is -1.90. The Morgan fingerprint density at radius 3 is 2.73 bits per heavy atom. The van der Waals surface area contributed by atoms with Crippen molar-refractivity contribution in [3.63, 3.8) is 0 Å². The van der Waals surface area contributed by atoms with E-state index in [0.29, 0.717) is 5.01 Å². The Kier molecular flexibility index (Phi) is 2.69. The lowest BCUT2D eigenvalue weighted by molar-refractivity contribution is 0.100. The van der Waals surface area contributed by atoms with Crippen molar-refractivity contribution in [1.82, 2.24) is 4.98 Å². The number of aliphatic imine (C=N–C) groups is 1. The molecule has 0 spiro atoms. The number of carbonyl (C=O) groups is 1. The third-order valence-corrected chi connectivity index (χ3v) is 2.92. The fraction of sp³-hybridized carbons (Fsp3) is 0. The second-order valence-corrected chi connectivity index (χ2v) is 3.89. The maximum absolute atomic E-state index is 11.2. The van der Waals surface area contributed by atoms with Gasteiger partial charge in [0, 0.05) is 6.20 Å². The van der Waals surface area contributed by atoms with Gasteiger partial charge in [0.15, 0.2) is 5.01 Å². The van der Waals surface area contributed by atoms with Crippen molar-refractivity contribution in [3.8, 4) is 10.4 Å². The molecular formula is C11H8N2OS. The van der Waals surface area contributed by atoms with E-state index in [9.17, 15) is 4.79 Å². The van der Waals surface area contributed by atoms with Crippen LogP contribution in [-0.2, 0) is 0 Å². The van der Waals surface area contributed by atoms with Gasteiger partial charge in [-0.2, -0.15) is 0 Å². The molecule has 0 aliphatic carbocycles. The first-order valence-electron chi connectivity index (χ1n) is 4.33. The van der Waals surface area contributed by atoms with Crippen LogP contribution in [-0.4, -0.2) is 17.6 Å². The number of amides is 1. The third kappa shape index (κ3) is 1.99. The quantitative estimate of drug-likeness (QED) is 0.724. The fourth-order valence-electron chi connectivity index (χ4n) is 1.18. The summed E-state index contributed by atoms with van der Waals surface area (Å²) in [7, 11) is 0. The lowest BCUT2D eigenvalue weighted by Gasteiger charge is -1.92. The molecule has 0 fully saturated rings. The largest absolute Gasteiger partial charge is 0.305 e. The SMILES string of the molecule is C=NC(=O)c1ncc(-c2ccccc2)s1. The maximum Gasteiger partial charge on any atom is 0.305 e. The molecule has 2 rings (SSSR count). The molecular weight excluding hydrogens is 208 g/mol. The Balaban J connectivity index is 2.36. The molecule has 0 aliphatic heterocycles. The molecule has 0 unspecified atom stereocenters. The van der Waals surface area contributed by atoms with Gasteiger partial charge in [-0.15, -0.1) is 11.3 Å². The highest BCUT2D eigenvalue weighted by molar-refractivity contribution is 7.17. The average molecular weight is 216 g/mol. The number of hydrogen-bond donors (Lipinski definition) is 0. The van der Waals surface area contributed by atoms with Crippen LogP contribution in [0.5, 0.6) is 0 Å². The molecule has 0 radical (unpaired) electrons. The number of benzene rings is 1. The minimum atomic E-state index is -0.373. The van der Waals surface area contributed by atoms with Gasteiger partial charge in [-0.3, -0.25) is 4.79 Å². The predicted octanol–water partition coefficient (Wildman–Crippen LogP) is 2.65. The summed E-state index contributed by atoms with van der Waals surface area (Å²) >= 11 is 1.32. The second-order valence-electron chi connectivity index (χ2n) is 2.86. The standard InChI is InChI=1S/C11H8N2OS/c1-12-10(14)11-13-7-9(15-11)8-5-3-2-4-6-8/h2-7H,1H2. The number of rotatable bonds is 2. The molecule has 0 aliphatic rings. The molecule has 1 heterocycles. The van der Waals surface area contributed by atoms with E-state index in [1.807, 2.05) is 30.3 Å². The number of carbonyl (C=O) groups excluding carboxylic acids is 1. The van der Waals surface area contributed by atoms with Gasteiger partial charge in [-0.25, -0.2) is 9.98 Å². The van der Waals surface area contributed by atoms with Crippen molar-refractivity contribution in [2.24, 2.45) is 4.99 Å². The Bertz CT molecular complexity index is 490. The van der Waals surface area contributed by atoms with E-state index >= 15 is 0 Å². The summed E-state index contributed by atoms with van der Waals surface area (Å²) in [6, 6.07) is 9.79. The van der Waals surface area contributed by atoms with E-state index in [1.165, 1.54) is 11.3 Å². The molecule has 0 atom stereocenters.